The fourth-order valence-electron chi connectivity index (χ4n) is 3.22. The van der Waals surface area contributed by atoms with Crippen molar-refractivity contribution in [2.24, 2.45) is 0 Å². The fraction of sp³-hybridized carbons (Fsp3) is 0.294. The molecule has 3 rings (SSSR count). The molecule has 4 nitrogen and oxygen atoms in total. The first-order valence-corrected chi connectivity index (χ1v) is 9.19. The van der Waals surface area contributed by atoms with Gasteiger partial charge in [0.05, 0.1) is 11.8 Å². The number of rotatable bonds is 5. The molecule has 1 aliphatic rings. The van der Waals surface area contributed by atoms with Crippen molar-refractivity contribution in [1.82, 2.24) is 10.0 Å². The molecule has 1 aliphatic heterocycles. The van der Waals surface area contributed by atoms with Crippen LogP contribution in [0.15, 0.2) is 60.7 Å². The summed E-state index contributed by atoms with van der Waals surface area (Å²) in [5.41, 5.74) is 1.72. The first-order chi connectivity index (χ1) is 10.5. The van der Waals surface area contributed by atoms with E-state index >= 15 is 0 Å². The van der Waals surface area contributed by atoms with E-state index in [1.54, 1.807) is 0 Å². The maximum atomic E-state index is 11.9. The smallest absolute Gasteiger partial charge is 0.209 e. The molecule has 0 bridgehead atoms. The Hall–Kier alpha value is -1.69. The summed E-state index contributed by atoms with van der Waals surface area (Å²) in [5.74, 6) is -0.0223. The van der Waals surface area contributed by atoms with Gasteiger partial charge in [0, 0.05) is 19.0 Å². The monoisotopic (exact) mass is 316 g/mol. The summed E-state index contributed by atoms with van der Waals surface area (Å²) in [6, 6.07) is 20.1. The van der Waals surface area contributed by atoms with Crippen molar-refractivity contribution in [1.29, 1.82) is 0 Å². The Morgan fingerprint density at radius 1 is 0.955 bits per heavy atom. The number of benzene rings is 2. The van der Waals surface area contributed by atoms with E-state index in [1.807, 2.05) is 36.4 Å². The standard InChI is InChI=1S/C17H20N2O2S/c1-22(20,21)19-17(12-18-13-17)16(14-8-4-2-5-9-14)15-10-6-3-7-11-15/h2-11,16,18-19H,12-13H2,1H3. The molecule has 0 spiro atoms. The Bertz CT molecular complexity index is 686. The minimum Gasteiger partial charge on any atom is -0.313 e. The van der Waals surface area contributed by atoms with Crippen LogP contribution in [-0.2, 0) is 10.0 Å². The predicted molar refractivity (Wildman–Crippen MR) is 88.3 cm³/mol. The van der Waals surface area contributed by atoms with Crippen molar-refractivity contribution < 1.29 is 8.42 Å². The van der Waals surface area contributed by atoms with Crippen molar-refractivity contribution in [2.75, 3.05) is 19.3 Å². The first-order valence-electron chi connectivity index (χ1n) is 7.30. The van der Waals surface area contributed by atoms with Crippen LogP contribution < -0.4 is 10.0 Å². The van der Waals surface area contributed by atoms with Crippen LogP contribution in [-0.4, -0.2) is 33.3 Å². The van der Waals surface area contributed by atoms with Gasteiger partial charge in [0.15, 0.2) is 0 Å². The largest absolute Gasteiger partial charge is 0.313 e. The van der Waals surface area contributed by atoms with Gasteiger partial charge >= 0.3 is 0 Å². The number of hydrogen-bond acceptors (Lipinski definition) is 3. The van der Waals surface area contributed by atoms with Crippen LogP contribution in [0.5, 0.6) is 0 Å². The first kappa shape index (κ1) is 15.2. The van der Waals surface area contributed by atoms with Gasteiger partial charge in [-0.3, -0.25) is 0 Å². The molecule has 2 aromatic rings. The summed E-state index contributed by atoms with van der Waals surface area (Å²) in [5, 5.41) is 3.22. The van der Waals surface area contributed by atoms with Gasteiger partial charge in [-0.15, -0.1) is 0 Å². The Morgan fingerprint density at radius 2 is 1.41 bits per heavy atom. The lowest BCUT2D eigenvalue weighted by atomic mass is 9.72. The summed E-state index contributed by atoms with van der Waals surface area (Å²) >= 11 is 0. The van der Waals surface area contributed by atoms with E-state index in [0.29, 0.717) is 13.1 Å². The number of hydrogen-bond donors (Lipinski definition) is 2. The molecule has 116 valence electrons. The zero-order valence-electron chi connectivity index (χ0n) is 12.5. The Balaban J connectivity index is 2.09. The van der Waals surface area contributed by atoms with Gasteiger partial charge in [-0.1, -0.05) is 60.7 Å². The van der Waals surface area contributed by atoms with E-state index in [0.717, 1.165) is 11.1 Å². The van der Waals surface area contributed by atoms with Crippen LogP contribution in [0.2, 0.25) is 0 Å². The van der Waals surface area contributed by atoms with Crippen LogP contribution in [0.1, 0.15) is 17.0 Å². The van der Waals surface area contributed by atoms with Crippen molar-refractivity contribution in [3.05, 3.63) is 71.8 Å². The van der Waals surface area contributed by atoms with E-state index < -0.39 is 15.6 Å². The molecule has 2 aromatic carbocycles. The molecule has 0 amide bonds. The van der Waals surface area contributed by atoms with Gasteiger partial charge in [-0.2, -0.15) is 0 Å². The minimum atomic E-state index is -3.29. The molecule has 0 aliphatic carbocycles. The third kappa shape index (κ3) is 3.06. The summed E-state index contributed by atoms with van der Waals surface area (Å²) in [4.78, 5) is 0. The lowest BCUT2D eigenvalue weighted by Gasteiger charge is -2.48. The van der Waals surface area contributed by atoms with Gasteiger partial charge in [-0.25, -0.2) is 13.1 Å². The van der Waals surface area contributed by atoms with E-state index in [9.17, 15) is 8.42 Å². The molecule has 1 heterocycles. The zero-order chi connectivity index (χ0) is 15.6. The molecule has 5 heteroatoms. The summed E-state index contributed by atoms with van der Waals surface area (Å²) in [6.45, 7) is 1.24. The van der Waals surface area contributed by atoms with E-state index in [1.165, 1.54) is 6.26 Å². The molecule has 0 aromatic heterocycles. The van der Waals surface area contributed by atoms with Crippen LogP contribution in [0.3, 0.4) is 0 Å². The molecule has 1 saturated heterocycles. The molecule has 0 unspecified atom stereocenters. The third-order valence-electron chi connectivity index (χ3n) is 4.09. The van der Waals surface area contributed by atoms with Gasteiger partial charge in [0.1, 0.15) is 0 Å². The van der Waals surface area contributed by atoms with Crippen LogP contribution in [0, 0.1) is 0 Å². The Labute approximate surface area is 131 Å². The van der Waals surface area contributed by atoms with Crippen LogP contribution in [0.25, 0.3) is 0 Å². The van der Waals surface area contributed by atoms with Crippen molar-refractivity contribution >= 4 is 10.0 Å². The van der Waals surface area contributed by atoms with E-state index in [4.69, 9.17) is 0 Å². The van der Waals surface area contributed by atoms with Gasteiger partial charge in [0.2, 0.25) is 10.0 Å². The maximum Gasteiger partial charge on any atom is 0.209 e. The Kier molecular flexibility index (Phi) is 4.04. The topological polar surface area (TPSA) is 58.2 Å². The Morgan fingerprint density at radius 3 is 1.73 bits per heavy atom. The van der Waals surface area contributed by atoms with Crippen LogP contribution in [0.4, 0.5) is 0 Å². The SMILES string of the molecule is CS(=O)(=O)NC1(C(c2ccccc2)c2ccccc2)CNC1. The lowest BCUT2D eigenvalue weighted by Crippen LogP contribution is -2.71. The van der Waals surface area contributed by atoms with Gasteiger partial charge < -0.3 is 5.32 Å². The molecule has 0 radical (unpaired) electrons. The lowest BCUT2D eigenvalue weighted by molar-refractivity contribution is 0.225. The highest BCUT2D eigenvalue weighted by atomic mass is 32.2. The van der Waals surface area contributed by atoms with Crippen molar-refractivity contribution in [3.8, 4) is 0 Å². The molecular formula is C17H20N2O2S. The summed E-state index contributed by atoms with van der Waals surface area (Å²) in [7, 11) is -3.29. The van der Waals surface area contributed by atoms with Gasteiger partial charge in [-0.05, 0) is 11.1 Å². The van der Waals surface area contributed by atoms with Crippen molar-refractivity contribution in [2.45, 2.75) is 11.5 Å². The average Bonchev–Trinajstić information content (AvgIpc) is 2.46. The van der Waals surface area contributed by atoms with Crippen molar-refractivity contribution in [3.63, 3.8) is 0 Å². The molecule has 0 saturated carbocycles. The second-order valence-corrected chi connectivity index (χ2v) is 7.64. The highest BCUT2D eigenvalue weighted by molar-refractivity contribution is 7.88. The predicted octanol–water partition coefficient (Wildman–Crippen LogP) is 1.71. The highest BCUT2D eigenvalue weighted by Crippen LogP contribution is 2.37. The zero-order valence-corrected chi connectivity index (χ0v) is 13.3. The molecule has 22 heavy (non-hydrogen) atoms. The quantitative estimate of drug-likeness (QED) is 0.883. The second kappa shape index (κ2) is 5.83. The molecule has 2 N–H and O–H groups in total. The molecular weight excluding hydrogens is 296 g/mol. The molecule has 1 fully saturated rings. The average molecular weight is 316 g/mol. The number of sulfonamides is 1. The third-order valence-corrected chi connectivity index (χ3v) is 4.87. The van der Waals surface area contributed by atoms with Gasteiger partial charge in [0.25, 0.3) is 0 Å². The van der Waals surface area contributed by atoms with E-state index in [-0.39, 0.29) is 5.92 Å². The number of nitrogens with one attached hydrogen (secondary N) is 2. The summed E-state index contributed by atoms with van der Waals surface area (Å²) in [6.07, 6.45) is 1.22. The van der Waals surface area contributed by atoms with E-state index in [2.05, 4.69) is 34.3 Å². The molecule has 0 atom stereocenters. The summed E-state index contributed by atoms with van der Waals surface area (Å²) < 4.78 is 26.6. The maximum absolute atomic E-state index is 11.9. The second-order valence-electron chi connectivity index (χ2n) is 5.89. The normalized spacial score (nSPS) is 17.2. The van der Waals surface area contributed by atoms with Crippen LogP contribution >= 0.6 is 0 Å². The minimum absolute atomic E-state index is 0.0223. The fourth-order valence-corrected chi connectivity index (χ4v) is 4.22. The highest BCUT2D eigenvalue weighted by Gasteiger charge is 2.47.